The van der Waals surface area contributed by atoms with E-state index in [1.807, 2.05) is 49.1 Å². The van der Waals surface area contributed by atoms with Crippen LogP contribution >= 0.6 is 0 Å². The van der Waals surface area contributed by atoms with Crippen molar-refractivity contribution in [1.29, 1.82) is 0 Å². The number of hydrogen-bond acceptors (Lipinski definition) is 2. The molecule has 1 aromatic carbocycles. The number of hydrogen-bond donors (Lipinski definition) is 1. The topological polar surface area (TPSA) is 40.5 Å². The minimum Gasteiger partial charge on any atom is -0.480 e. The Morgan fingerprint density at radius 1 is 1.25 bits per heavy atom. The quantitative estimate of drug-likeness (QED) is 0.799. The zero-order valence-corrected chi connectivity index (χ0v) is 9.89. The fourth-order valence-corrected chi connectivity index (χ4v) is 1.87. The summed E-state index contributed by atoms with van der Waals surface area (Å²) in [7, 11) is 0. The SMILES string of the molecule is CCN(CC)C(Cc1ccccc1)C(=O)O. The van der Waals surface area contributed by atoms with Gasteiger partial charge in [-0.3, -0.25) is 9.69 Å². The van der Waals surface area contributed by atoms with Crippen LogP contribution in [0.4, 0.5) is 0 Å². The summed E-state index contributed by atoms with van der Waals surface area (Å²) in [5, 5.41) is 9.23. The molecular weight excluding hydrogens is 202 g/mol. The molecule has 0 bridgehead atoms. The molecule has 1 atom stereocenters. The van der Waals surface area contributed by atoms with E-state index in [2.05, 4.69) is 0 Å². The molecule has 0 spiro atoms. The third kappa shape index (κ3) is 3.35. The predicted molar refractivity (Wildman–Crippen MR) is 64.5 cm³/mol. The standard InChI is InChI=1S/C13H19NO2/c1-3-14(4-2)12(13(15)16)10-11-8-6-5-7-9-11/h5-9,12H,3-4,10H2,1-2H3,(H,15,16). The van der Waals surface area contributed by atoms with E-state index in [0.29, 0.717) is 6.42 Å². The first kappa shape index (κ1) is 12.7. The largest absolute Gasteiger partial charge is 0.480 e. The second-order valence-electron chi connectivity index (χ2n) is 3.76. The van der Waals surface area contributed by atoms with Gasteiger partial charge in [0, 0.05) is 0 Å². The first-order valence-corrected chi connectivity index (χ1v) is 5.69. The minimum atomic E-state index is -0.743. The van der Waals surface area contributed by atoms with Crippen molar-refractivity contribution in [3.8, 4) is 0 Å². The molecule has 88 valence electrons. The van der Waals surface area contributed by atoms with Crippen LogP contribution in [0.15, 0.2) is 30.3 Å². The monoisotopic (exact) mass is 221 g/mol. The number of carboxylic acids is 1. The second-order valence-corrected chi connectivity index (χ2v) is 3.76. The fourth-order valence-electron chi connectivity index (χ4n) is 1.87. The first-order chi connectivity index (χ1) is 7.69. The van der Waals surface area contributed by atoms with Crippen molar-refractivity contribution in [3.63, 3.8) is 0 Å². The Morgan fingerprint density at radius 3 is 2.25 bits per heavy atom. The van der Waals surface area contributed by atoms with Crippen molar-refractivity contribution in [2.24, 2.45) is 0 Å². The van der Waals surface area contributed by atoms with Gasteiger partial charge in [0.25, 0.3) is 0 Å². The number of carbonyl (C=O) groups is 1. The molecule has 0 amide bonds. The van der Waals surface area contributed by atoms with Gasteiger partial charge in [-0.15, -0.1) is 0 Å². The molecule has 0 aromatic heterocycles. The Labute approximate surface area is 96.7 Å². The van der Waals surface area contributed by atoms with Crippen LogP contribution in [-0.4, -0.2) is 35.1 Å². The van der Waals surface area contributed by atoms with Crippen LogP contribution < -0.4 is 0 Å². The molecule has 1 N–H and O–H groups in total. The van der Waals surface area contributed by atoms with E-state index >= 15 is 0 Å². The maximum absolute atomic E-state index is 11.2. The Bertz CT molecular complexity index is 320. The van der Waals surface area contributed by atoms with Crippen LogP contribution in [0.2, 0.25) is 0 Å². The van der Waals surface area contributed by atoms with Gasteiger partial charge in [-0.1, -0.05) is 44.2 Å². The van der Waals surface area contributed by atoms with E-state index in [0.717, 1.165) is 18.7 Å². The lowest BCUT2D eigenvalue weighted by Gasteiger charge is -2.26. The van der Waals surface area contributed by atoms with Gasteiger partial charge >= 0.3 is 5.97 Å². The zero-order chi connectivity index (χ0) is 12.0. The van der Waals surface area contributed by atoms with Crippen LogP contribution in [0, 0.1) is 0 Å². The average Bonchev–Trinajstić information content (AvgIpc) is 2.30. The molecule has 0 saturated carbocycles. The molecule has 0 aliphatic carbocycles. The van der Waals surface area contributed by atoms with E-state index in [1.165, 1.54) is 0 Å². The number of aliphatic carboxylic acids is 1. The summed E-state index contributed by atoms with van der Waals surface area (Å²) >= 11 is 0. The van der Waals surface area contributed by atoms with Crippen molar-refractivity contribution in [2.45, 2.75) is 26.3 Å². The molecule has 0 fully saturated rings. The van der Waals surface area contributed by atoms with Crippen molar-refractivity contribution in [2.75, 3.05) is 13.1 Å². The summed E-state index contributed by atoms with van der Waals surface area (Å²) in [6.07, 6.45) is 0.567. The fraction of sp³-hybridized carbons (Fsp3) is 0.462. The Hall–Kier alpha value is -1.35. The summed E-state index contributed by atoms with van der Waals surface area (Å²) in [5.41, 5.74) is 1.07. The van der Waals surface area contributed by atoms with E-state index < -0.39 is 12.0 Å². The van der Waals surface area contributed by atoms with Crippen LogP contribution in [-0.2, 0) is 11.2 Å². The van der Waals surface area contributed by atoms with Gasteiger partial charge in [-0.25, -0.2) is 0 Å². The van der Waals surface area contributed by atoms with E-state index in [-0.39, 0.29) is 0 Å². The molecule has 0 saturated heterocycles. The lowest BCUT2D eigenvalue weighted by Crippen LogP contribution is -2.42. The maximum Gasteiger partial charge on any atom is 0.321 e. The van der Waals surface area contributed by atoms with Crippen LogP contribution in [0.25, 0.3) is 0 Å². The van der Waals surface area contributed by atoms with E-state index in [9.17, 15) is 9.90 Å². The molecule has 0 radical (unpaired) electrons. The Balaban J connectivity index is 2.76. The number of nitrogens with zero attached hydrogens (tertiary/aromatic N) is 1. The number of carboxylic acid groups (broad SMARTS) is 1. The highest BCUT2D eigenvalue weighted by Gasteiger charge is 2.23. The van der Waals surface area contributed by atoms with Gasteiger partial charge in [-0.2, -0.15) is 0 Å². The Morgan fingerprint density at radius 2 is 1.81 bits per heavy atom. The van der Waals surface area contributed by atoms with E-state index in [4.69, 9.17) is 0 Å². The summed E-state index contributed by atoms with van der Waals surface area (Å²) in [6, 6.07) is 9.35. The smallest absolute Gasteiger partial charge is 0.321 e. The first-order valence-electron chi connectivity index (χ1n) is 5.69. The minimum absolute atomic E-state index is 0.419. The van der Waals surface area contributed by atoms with Gasteiger partial charge in [0.15, 0.2) is 0 Å². The van der Waals surface area contributed by atoms with Gasteiger partial charge < -0.3 is 5.11 Å². The molecule has 1 aromatic rings. The molecule has 16 heavy (non-hydrogen) atoms. The maximum atomic E-state index is 11.2. The van der Waals surface area contributed by atoms with Crippen LogP contribution in [0.5, 0.6) is 0 Å². The van der Waals surface area contributed by atoms with Gasteiger partial charge in [0.1, 0.15) is 6.04 Å². The van der Waals surface area contributed by atoms with Gasteiger partial charge in [0.2, 0.25) is 0 Å². The van der Waals surface area contributed by atoms with E-state index in [1.54, 1.807) is 0 Å². The third-order valence-corrected chi connectivity index (χ3v) is 2.81. The highest BCUT2D eigenvalue weighted by atomic mass is 16.4. The number of benzene rings is 1. The third-order valence-electron chi connectivity index (χ3n) is 2.81. The summed E-state index contributed by atoms with van der Waals surface area (Å²) in [6.45, 7) is 5.51. The summed E-state index contributed by atoms with van der Waals surface area (Å²) in [5.74, 6) is -0.743. The van der Waals surface area contributed by atoms with Gasteiger partial charge in [-0.05, 0) is 25.1 Å². The molecule has 1 rings (SSSR count). The van der Waals surface area contributed by atoms with Crippen molar-refractivity contribution < 1.29 is 9.90 Å². The molecule has 0 aliphatic heterocycles. The normalized spacial score (nSPS) is 12.7. The highest BCUT2D eigenvalue weighted by Crippen LogP contribution is 2.09. The number of likely N-dealkylation sites (N-methyl/N-ethyl adjacent to an activating group) is 1. The molecule has 3 nitrogen and oxygen atoms in total. The predicted octanol–water partition coefficient (Wildman–Crippen LogP) is 2.02. The molecule has 3 heteroatoms. The van der Waals surface area contributed by atoms with Gasteiger partial charge in [0.05, 0.1) is 0 Å². The highest BCUT2D eigenvalue weighted by molar-refractivity contribution is 5.73. The van der Waals surface area contributed by atoms with Crippen molar-refractivity contribution in [3.05, 3.63) is 35.9 Å². The average molecular weight is 221 g/mol. The van der Waals surface area contributed by atoms with Crippen molar-refractivity contribution >= 4 is 5.97 Å². The van der Waals surface area contributed by atoms with Crippen molar-refractivity contribution in [1.82, 2.24) is 4.90 Å². The lowest BCUT2D eigenvalue weighted by molar-refractivity contribution is -0.143. The molecular formula is C13H19NO2. The van der Waals surface area contributed by atoms with Crippen LogP contribution in [0.1, 0.15) is 19.4 Å². The molecule has 0 aliphatic rings. The van der Waals surface area contributed by atoms with Crippen LogP contribution in [0.3, 0.4) is 0 Å². The number of rotatable bonds is 6. The zero-order valence-electron chi connectivity index (χ0n) is 9.89. The summed E-state index contributed by atoms with van der Waals surface area (Å²) < 4.78 is 0. The second kappa shape index (κ2) is 6.28. The Kier molecular flexibility index (Phi) is 4.99. The summed E-state index contributed by atoms with van der Waals surface area (Å²) in [4.78, 5) is 13.2. The molecule has 0 heterocycles. The molecule has 1 unspecified atom stereocenters. The lowest BCUT2D eigenvalue weighted by atomic mass is 10.0.